The molecule has 2 aromatic heterocycles. The SMILES string of the molecule is CNc1nc(N(CCO)NC(=O)Nc2cc(Cl)c(Cl)s2)cc(C(C)C)c1C(C)=N. The van der Waals surface area contributed by atoms with Crippen LogP contribution in [0.3, 0.4) is 0 Å². The molecule has 2 amide bonds. The average molecular weight is 459 g/mol. The molecule has 11 heteroatoms. The summed E-state index contributed by atoms with van der Waals surface area (Å²) in [6.07, 6.45) is 0. The first kappa shape index (κ1) is 23.2. The van der Waals surface area contributed by atoms with E-state index in [2.05, 4.69) is 21.0 Å². The van der Waals surface area contributed by atoms with Gasteiger partial charge in [-0.15, -0.1) is 11.3 Å². The van der Waals surface area contributed by atoms with E-state index in [-0.39, 0.29) is 19.1 Å². The van der Waals surface area contributed by atoms with Crippen molar-refractivity contribution in [1.29, 1.82) is 5.41 Å². The molecule has 2 aromatic rings. The molecule has 0 unspecified atom stereocenters. The molecule has 0 saturated carbocycles. The maximum atomic E-state index is 12.4. The Morgan fingerprint density at radius 1 is 1.38 bits per heavy atom. The molecule has 0 bridgehead atoms. The second kappa shape index (κ2) is 10.1. The number of halogens is 2. The molecule has 0 spiro atoms. The molecule has 5 N–H and O–H groups in total. The van der Waals surface area contributed by atoms with E-state index in [0.29, 0.717) is 31.7 Å². The minimum absolute atomic E-state index is 0.121. The fraction of sp³-hybridized carbons (Fsp3) is 0.389. The van der Waals surface area contributed by atoms with E-state index in [1.165, 1.54) is 5.01 Å². The minimum atomic E-state index is -0.528. The van der Waals surface area contributed by atoms with Crippen molar-refractivity contribution in [2.75, 3.05) is 35.8 Å². The van der Waals surface area contributed by atoms with Crippen LogP contribution in [0.1, 0.15) is 37.8 Å². The van der Waals surface area contributed by atoms with Gasteiger partial charge in [0.2, 0.25) is 0 Å². The van der Waals surface area contributed by atoms with Crippen LogP contribution in [-0.4, -0.2) is 42.0 Å². The van der Waals surface area contributed by atoms with Gasteiger partial charge in [-0.2, -0.15) is 0 Å². The van der Waals surface area contributed by atoms with Crippen molar-refractivity contribution >= 4 is 62.9 Å². The van der Waals surface area contributed by atoms with Gasteiger partial charge in [-0.25, -0.2) is 15.2 Å². The topological polar surface area (TPSA) is 113 Å². The van der Waals surface area contributed by atoms with Gasteiger partial charge < -0.3 is 15.8 Å². The van der Waals surface area contributed by atoms with E-state index >= 15 is 0 Å². The zero-order valence-corrected chi connectivity index (χ0v) is 18.9. The molecular weight excluding hydrogens is 435 g/mol. The molecule has 29 heavy (non-hydrogen) atoms. The zero-order chi connectivity index (χ0) is 21.7. The van der Waals surface area contributed by atoms with Crippen LogP contribution in [0.4, 0.5) is 21.4 Å². The lowest BCUT2D eigenvalue weighted by Crippen LogP contribution is -2.46. The molecule has 2 rings (SSSR count). The number of pyridine rings is 1. The molecule has 0 aliphatic rings. The van der Waals surface area contributed by atoms with Crippen LogP contribution in [0.2, 0.25) is 9.36 Å². The number of carbonyl (C=O) groups is 1. The molecule has 0 aliphatic carbocycles. The fourth-order valence-corrected chi connectivity index (χ4v) is 3.98. The first-order valence-electron chi connectivity index (χ1n) is 8.87. The van der Waals surface area contributed by atoms with Crippen LogP contribution >= 0.6 is 34.5 Å². The van der Waals surface area contributed by atoms with Crippen molar-refractivity contribution in [3.8, 4) is 0 Å². The first-order chi connectivity index (χ1) is 13.7. The highest BCUT2D eigenvalue weighted by Gasteiger charge is 2.20. The lowest BCUT2D eigenvalue weighted by Gasteiger charge is -2.26. The molecular formula is C18H24Cl2N6O2S. The quantitative estimate of drug-likeness (QED) is 0.294. The van der Waals surface area contributed by atoms with Crippen LogP contribution in [-0.2, 0) is 0 Å². The predicted octanol–water partition coefficient (Wildman–Crippen LogP) is 4.54. The molecule has 158 valence electrons. The van der Waals surface area contributed by atoms with Crippen LogP contribution < -0.4 is 21.1 Å². The highest BCUT2D eigenvalue weighted by Crippen LogP contribution is 2.35. The Kier molecular flexibility index (Phi) is 8.09. The number of rotatable bonds is 8. The first-order valence-corrected chi connectivity index (χ1v) is 10.4. The van der Waals surface area contributed by atoms with Gasteiger partial charge in [0.05, 0.1) is 23.2 Å². The van der Waals surface area contributed by atoms with Crippen LogP contribution in [0.5, 0.6) is 0 Å². The number of hydrogen-bond donors (Lipinski definition) is 5. The largest absolute Gasteiger partial charge is 0.394 e. The Balaban J connectivity index is 2.34. The highest BCUT2D eigenvalue weighted by molar-refractivity contribution is 7.20. The second-order valence-electron chi connectivity index (χ2n) is 6.50. The van der Waals surface area contributed by atoms with Gasteiger partial charge in [0, 0.05) is 18.3 Å². The summed E-state index contributed by atoms with van der Waals surface area (Å²) in [5.41, 5.74) is 4.70. The summed E-state index contributed by atoms with van der Waals surface area (Å²) in [6, 6.07) is 2.84. The van der Waals surface area contributed by atoms with Gasteiger partial charge >= 0.3 is 6.03 Å². The number of aliphatic hydroxyl groups excluding tert-OH is 1. The van der Waals surface area contributed by atoms with E-state index in [0.717, 1.165) is 22.5 Å². The summed E-state index contributed by atoms with van der Waals surface area (Å²) in [4.78, 5) is 17.0. The third kappa shape index (κ3) is 5.72. The van der Waals surface area contributed by atoms with Crippen molar-refractivity contribution in [2.45, 2.75) is 26.7 Å². The number of thiophene rings is 1. The summed E-state index contributed by atoms with van der Waals surface area (Å²) in [5, 5.41) is 25.5. The monoisotopic (exact) mass is 458 g/mol. The van der Waals surface area contributed by atoms with Crippen molar-refractivity contribution < 1.29 is 9.90 Å². The van der Waals surface area contributed by atoms with Gasteiger partial charge in [0.1, 0.15) is 16.0 Å². The second-order valence-corrected chi connectivity index (χ2v) is 8.56. The summed E-state index contributed by atoms with van der Waals surface area (Å²) < 4.78 is 0.383. The number of aliphatic hydroxyl groups is 1. The number of hydrazine groups is 1. The number of anilines is 3. The van der Waals surface area contributed by atoms with E-state index in [1.54, 1.807) is 20.0 Å². The Morgan fingerprint density at radius 2 is 2.07 bits per heavy atom. The van der Waals surface area contributed by atoms with Crippen molar-refractivity contribution in [3.63, 3.8) is 0 Å². The molecule has 8 nitrogen and oxygen atoms in total. The average Bonchev–Trinajstić information content (AvgIpc) is 2.96. The lowest BCUT2D eigenvalue weighted by atomic mass is 9.95. The van der Waals surface area contributed by atoms with Crippen LogP contribution in [0, 0.1) is 5.41 Å². The molecule has 2 heterocycles. The molecule has 0 aromatic carbocycles. The van der Waals surface area contributed by atoms with E-state index in [1.807, 2.05) is 19.9 Å². The van der Waals surface area contributed by atoms with Crippen LogP contribution in [0.25, 0.3) is 0 Å². The molecule has 0 radical (unpaired) electrons. The predicted molar refractivity (Wildman–Crippen MR) is 121 cm³/mol. The van der Waals surface area contributed by atoms with Gasteiger partial charge in [-0.05, 0) is 30.5 Å². The van der Waals surface area contributed by atoms with E-state index in [9.17, 15) is 9.90 Å². The van der Waals surface area contributed by atoms with Crippen LogP contribution in [0.15, 0.2) is 12.1 Å². The Labute approximate surface area is 183 Å². The Bertz CT molecular complexity index is 883. The fourth-order valence-electron chi connectivity index (χ4n) is 2.72. The summed E-state index contributed by atoms with van der Waals surface area (Å²) in [7, 11) is 1.73. The lowest BCUT2D eigenvalue weighted by molar-refractivity contribution is 0.248. The third-order valence-corrected chi connectivity index (χ3v) is 5.77. The van der Waals surface area contributed by atoms with E-state index in [4.69, 9.17) is 28.6 Å². The third-order valence-electron chi connectivity index (χ3n) is 3.99. The van der Waals surface area contributed by atoms with E-state index < -0.39 is 6.03 Å². The molecule has 0 saturated heterocycles. The number of amides is 2. The number of hydrogen-bond acceptors (Lipinski definition) is 7. The number of nitrogens with zero attached hydrogens (tertiary/aromatic N) is 2. The van der Waals surface area contributed by atoms with Gasteiger partial charge in [-0.3, -0.25) is 10.3 Å². The number of carbonyl (C=O) groups excluding carboxylic acids is 1. The normalized spacial score (nSPS) is 10.8. The number of aromatic nitrogens is 1. The van der Waals surface area contributed by atoms with Gasteiger partial charge in [0.15, 0.2) is 0 Å². The van der Waals surface area contributed by atoms with Gasteiger partial charge in [-0.1, -0.05) is 37.0 Å². The maximum Gasteiger partial charge on any atom is 0.338 e. The molecule has 0 atom stereocenters. The highest BCUT2D eigenvalue weighted by atomic mass is 35.5. The van der Waals surface area contributed by atoms with Crippen molar-refractivity contribution in [3.05, 3.63) is 32.6 Å². The smallest absolute Gasteiger partial charge is 0.338 e. The maximum absolute atomic E-state index is 12.4. The standard InChI is InChI=1S/C18H24Cl2N6O2S/c1-9(2)11-7-13(23-17(22-4)15(11)10(3)21)26(5-6-27)25-18(28)24-14-8-12(19)16(20)29-14/h7-9,21,27H,5-6H2,1-4H3,(H,22,23)(H2,24,25,28). The van der Waals surface area contributed by atoms with Crippen molar-refractivity contribution in [2.24, 2.45) is 0 Å². The van der Waals surface area contributed by atoms with Gasteiger partial charge in [0.25, 0.3) is 0 Å². The Hall–Kier alpha value is -2.07. The van der Waals surface area contributed by atoms with Crippen molar-refractivity contribution in [1.82, 2.24) is 10.4 Å². The zero-order valence-electron chi connectivity index (χ0n) is 16.6. The summed E-state index contributed by atoms with van der Waals surface area (Å²) >= 11 is 13.0. The Morgan fingerprint density at radius 3 is 2.55 bits per heavy atom. The number of nitrogens with one attached hydrogen (secondary N) is 4. The number of urea groups is 1. The molecule has 0 fully saturated rings. The molecule has 0 aliphatic heterocycles. The summed E-state index contributed by atoms with van der Waals surface area (Å²) in [5.74, 6) is 1.09. The summed E-state index contributed by atoms with van der Waals surface area (Å²) in [6.45, 7) is 5.67. The minimum Gasteiger partial charge on any atom is -0.394 e.